The van der Waals surface area contributed by atoms with Gasteiger partial charge in [0.15, 0.2) is 6.04 Å². The van der Waals surface area contributed by atoms with E-state index in [-0.39, 0.29) is 12.2 Å². The molecule has 20 heavy (non-hydrogen) atoms. The Morgan fingerprint density at radius 3 is 2.60 bits per heavy atom. The fourth-order valence-corrected chi connectivity index (χ4v) is 2.88. The molecule has 7 nitrogen and oxygen atoms in total. The Balaban J connectivity index is 2.65. The Morgan fingerprint density at radius 2 is 2.15 bits per heavy atom. The van der Waals surface area contributed by atoms with Crippen molar-refractivity contribution in [3.63, 3.8) is 0 Å². The van der Waals surface area contributed by atoms with Crippen LogP contribution < -0.4 is 11.1 Å². The lowest BCUT2D eigenvalue weighted by atomic mass is 10.2. The van der Waals surface area contributed by atoms with Gasteiger partial charge < -0.3 is 16.2 Å². The summed E-state index contributed by atoms with van der Waals surface area (Å²) in [5, 5.41) is 13.1. The Labute approximate surface area is 120 Å². The molecule has 1 rings (SSSR count). The van der Waals surface area contributed by atoms with Gasteiger partial charge in [0.05, 0.1) is 11.8 Å². The van der Waals surface area contributed by atoms with E-state index in [1.165, 1.54) is 11.3 Å². The number of sulfone groups is 1. The summed E-state index contributed by atoms with van der Waals surface area (Å²) >= 11 is 1.20. The standard InChI is InChI=1S/C11H16N2O5S2/c1-20(17,18)6-4-7(12)10(14)13-9(11(15)16)8-3-2-5-19-8/h2-3,5,7,9H,4,6,12H2,1H3,(H,13,14)(H,15,16). The maximum atomic E-state index is 11.8. The molecule has 1 aromatic rings. The van der Waals surface area contributed by atoms with Crippen molar-refractivity contribution < 1.29 is 23.1 Å². The molecule has 0 bridgehead atoms. The monoisotopic (exact) mass is 320 g/mol. The minimum Gasteiger partial charge on any atom is -0.479 e. The number of amides is 1. The molecule has 2 atom stereocenters. The lowest BCUT2D eigenvalue weighted by molar-refractivity contribution is -0.142. The van der Waals surface area contributed by atoms with Crippen molar-refractivity contribution in [2.45, 2.75) is 18.5 Å². The first kappa shape index (κ1) is 16.6. The minimum atomic E-state index is -3.21. The Kier molecular flexibility index (Phi) is 5.66. The van der Waals surface area contributed by atoms with Gasteiger partial charge in [0.25, 0.3) is 0 Å². The number of carbonyl (C=O) groups excluding carboxylic acids is 1. The molecule has 4 N–H and O–H groups in total. The third-order valence-corrected chi connectivity index (χ3v) is 4.41. The molecule has 0 saturated carbocycles. The van der Waals surface area contributed by atoms with Gasteiger partial charge in [-0.3, -0.25) is 4.79 Å². The predicted octanol–water partition coefficient (Wildman–Crippen LogP) is -0.248. The average Bonchev–Trinajstić information content (AvgIpc) is 2.84. The highest BCUT2D eigenvalue weighted by atomic mass is 32.2. The van der Waals surface area contributed by atoms with Crippen LogP contribution in [0.5, 0.6) is 0 Å². The molecule has 2 unspecified atom stereocenters. The van der Waals surface area contributed by atoms with Crippen molar-refractivity contribution in [2.24, 2.45) is 5.73 Å². The smallest absolute Gasteiger partial charge is 0.331 e. The van der Waals surface area contributed by atoms with Crippen LogP contribution in [0.1, 0.15) is 17.3 Å². The second kappa shape index (κ2) is 6.82. The summed E-state index contributed by atoms with van der Waals surface area (Å²) < 4.78 is 22.0. The van der Waals surface area contributed by atoms with Crippen molar-refractivity contribution in [2.75, 3.05) is 12.0 Å². The fourth-order valence-electron chi connectivity index (χ4n) is 1.43. The van der Waals surface area contributed by atoms with Crippen LogP contribution in [0.15, 0.2) is 17.5 Å². The van der Waals surface area contributed by atoms with E-state index < -0.39 is 33.8 Å². The van der Waals surface area contributed by atoms with Gasteiger partial charge in [-0.2, -0.15) is 0 Å². The third kappa shape index (κ3) is 5.27. The van der Waals surface area contributed by atoms with Crippen molar-refractivity contribution in [1.82, 2.24) is 5.32 Å². The second-order valence-corrected chi connectivity index (χ2v) is 7.56. The summed E-state index contributed by atoms with van der Waals surface area (Å²) in [6.07, 6.45) is 0.991. The molecule has 1 aromatic heterocycles. The number of rotatable bonds is 7. The fraction of sp³-hybridized carbons (Fsp3) is 0.455. The summed E-state index contributed by atoms with van der Waals surface area (Å²) in [5.74, 6) is -2.11. The number of carbonyl (C=O) groups is 2. The van der Waals surface area contributed by atoms with Gasteiger partial charge in [-0.1, -0.05) is 6.07 Å². The molecule has 0 aliphatic rings. The Bertz CT molecular complexity index is 568. The van der Waals surface area contributed by atoms with Crippen molar-refractivity contribution in [3.8, 4) is 0 Å². The quantitative estimate of drug-likeness (QED) is 0.636. The molecule has 0 aliphatic heterocycles. The van der Waals surface area contributed by atoms with E-state index >= 15 is 0 Å². The zero-order valence-corrected chi connectivity index (χ0v) is 12.4. The van der Waals surface area contributed by atoms with Gasteiger partial charge in [-0.05, 0) is 17.9 Å². The van der Waals surface area contributed by atoms with E-state index in [0.717, 1.165) is 6.26 Å². The van der Waals surface area contributed by atoms with E-state index in [9.17, 15) is 18.0 Å². The molecular formula is C11H16N2O5S2. The first-order valence-electron chi connectivity index (χ1n) is 5.70. The third-order valence-electron chi connectivity index (χ3n) is 2.50. The molecule has 1 amide bonds. The first-order valence-corrected chi connectivity index (χ1v) is 8.64. The highest BCUT2D eigenvalue weighted by Gasteiger charge is 2.25. The number of aliphatic carboxylic acids is 1. The van der Waals surface area contributed by atoms with Crippen LogP contribution in [0, 0.1) is 0 Å². The van der Waals surface area contributed by atoms with Crippen LogP contribution in [0.3, 0.4) is 0 Å². The molecule has 0 radical (unpaired) electrons. The molecule has 112 valence electrons. The lowest BCUT2D eigenvalue weighted by Gasteiger charge is -2.16. The van der Waals surface area contributed by atoms with Gasteiger partial charge in [0, 0.05) is 11.1 Å². The van der Waals surface area contributed by atoms with Crippen molar-refractivity contribution >= 4 is 33.1 Å². The summed E-state index contributed by atoms with van der Waals surface area (Å²) in [6, 6.07) is 1.02. The minimum absolute atomic E-state index is 0.0541. The maximum absolute atomic E-state index is 11.8. The van der Waals surface area contributed by atoms with Gasteiger partial charge in [0.1, 0.15) is 9.84 Å². The molecule has 9 heteroatoms. The van der Waals surface area contributed by atoms with E-state index in [4.69, 9.17) is 10.8 Å². The van der Waals surface area contributed by atoms with Crippen LogP contribution in [0.4, 0.5) is 0 Å². The van der Waals surface area contributed by atoms with Gasteiger partial charge in [-0.25, -0.2) is 13.2 Å². The largest absolute Gasteiger partial charge is 0.479 e. The lowest BCUT2D eigenvalue weighted by Crippen LogP contribution is -2.44. The first-order chi connectivity index (χ1) is 9.20. The molecule has 0 saturated heterocycles. The summed E-state index contributed by atoms with van der Waals surface area (Å²) in [7, 11) is -3.21. The normalized spacial score (nSPS) is 14.5. The van der Waals surface area contributed by atoms with Crippen LogP contribution in [0.25, 0.3) is 0 Å². The van der Waals surface area contributed by atoms with Crippen molar-refractivity contribution in [1.29, 1.82) is 0 Å². The van der Waals surface area contributed by atoms with Gasteiger partial charge in [-0.15, -0.1) is 11.3 Å². The second-order valence-electron chi connectivity index (χ2n) is 4.32. The zero-order chi connectivity index (χ0) is 15.3. The topological polar surface area (TPSA) is 127 Å². The Morgan fingerprint density at radius 1 is 1.50 bits per heavy atom. The number of thiophene rings is 1. The summed E-state index contributed by atoms with van der Waals surface area (Å²) in [4.78, 5) is 23.4. The molecule has 1 heterocycles. The highest BCUT2D eigenvalue weighted by molar-refractivity contribution is 7.90. The van der Waals surface area contributed by atoms with Crippen molar-refractivity contribution in [3.05, 3.63) is 22.4 Å². The maximum Gasteiger partial charge on any atom is 0.331 e. The molecule has 0 aliphatic carbocycles. The molecule has 0 spiro atoms. The van der Waals surface area contributed by atoms with E-state index in [1.54, 1.807) is 17.5 Å². The van der Waals surface area contributed by atoms with Crippen LogP contribution >= 0.6 is 11.3 Å². The Hall–Kier alpha value is -1.45. The van der Waals surface area contributed by atoms with Crippen LogP contribution in [-0.2, 0) is 19.4 Å². The van der Waals surface area contributed by atoms with Gasteiger partial charge in [0.2, 0.25) is 5.91 Å². The summed E-state index contributed by atoms with van der Waals surface area (Å²) in [5.41, 5.74) is 5.56. The molecule has 0 fully saturated rings. The van der Waals surface area contributed by atoms with E-state index in [1.807, 2.05) is 0 Å². The highest BCUT2D eigenvalue weighted by Crippen LogP contribution is 2.19. The van der Waals surface area contributed by atoms with E-state index in [0.29, 0.717) is 4.88 Å². The van der Waals surface area contributed by atoms with E-state index in [2.05, 4.69) is 5.32 Å². The number of hydrogen-bond donors (Lipinski definition) is 3. The predicted molar refractivity (Wildman–Crippen MR) is 75.1 cm³/mol. The number of nitrogens with two attached hydrogens (primary N) is 1. The average molecular weight is 320 g/mol. The SMILES string of the molecule is CS(=O)(=O)CCC(N)C(=O)NC(C(=O)O)c1cccs1. The van der Waals surface area contributed by atoms with Crippen LogP contribution in [0.2, 0.25) is 0 Å². The number of hydrogen-bond acceptors (Lipinski definition) is 6. The zero-order valence-electron chi connectivity index (χ0n) is 10.8. The number of nitrogens with one attached hydrogen (secondary N) is 1. The number of carboxylic acid groups (broad SMARTS) is 1. The van der Waals surface area contributed by atoms with Crippen LogP contribution in [-0.4, -0.2) is 43.5 Å². The number of carboxylic acids is 1. The van der Waals surface area contributed by atoms with Gasteiger partial charge >= 0.3 is 5.97 Å². The molecule has 0 aromatic carbocycles. The summed E-state index contributed by atoms with van der Waals surface area (Å²) in [6.45, 7) is 0. The molecular weight excluding hydrogens is 304 g/mol.